The highest BCUT2D eigenvalue weighted by atomic mass is 16.6. The number of hydrogen-bond acceptors (Lipinski definition) is 3. The van der Waals surface area contributed by atoms with Crippen molar-refractivity contribution >= 4 is 11.9 Å². The van der Waals surface area contributed by atoms with E-state index in [-0.39, 0.29) is 0 Å². The molecule has 0 saturated carbocycles. The Labute approximate surface area is 184 Å². The van der Waals surface area contributed by atoms with Gasteiger partial charge in [0.2, 0.25) is 0 Å². The predicted octanol–water partition coefficient (Wildman–Crippen LogP) is 6.03. The third-order valence-electron chi connectivity index (χ3n) is 6.85. The molecule has 0 amide bonds. The van der Waals surface area contributed by atoms with E-state index in [1.54, 1.807) is 0 Å². The molecule has 2 aliphatic carbocycles. The fourth-order valence-electron chi connectivity index (χ4n) is 5.16. The van der Waals surface area contributed by atoms with Crippen LogP contribution in [0.2, 0.25) is 0 Å². The van der Waals surface area contributed by atoms with Crippen molar-refractivity contribution in [2.75, 3.05) is 0 Å². The number of aryl methyl sites for hydroxylation is 2. The molecule has 0 aliphatic heterocycles. The van der Waals surface area contributed by atoms with Gasteiger partial charge >= 0.3 is 11.9 Å². The molecule has 31 heavy (non-hydrogen) atoms. The molecule has 0 aromatic heterocycles. The molecule has 0 saturated heterocycles. The van der Waals surface area contributed by atoms with Crippen LogP contribution in [0.3, 0.4) is 0 Å². The highest BCUT2D eigenvalue weighted by Gasteiger charge is 2.47. The summed E-state index contributed by atoms with van der Waals surface area (Å²) in [6.07, 6.45) is 12.9. The van der Waals surface area contributed by atoms with E-state index in [0.717, 1.165) is 47.9 Å². The van der Waals surface area contributed by atoms with Crippen molar-refractivity contribution in [3.63, 3.8) is 0 Å². The van der Waals surface area contributed by atoms with Gasteiger partial charge in [-0.05, 0) is 74.6 Å². The third-order valence-corrected chi connectivity index (χ3v) is 6.85. The van der Waals surface area contributed by atoms with Gasteiger partial charge < -0.3 is 4.74 Å². The summed E-state index contributed by atoms with van der Waals surface area (Å²) in [7, 11) is 0. The molecule has 0 spiro atoms. The molecule has 0 radical (unpaired) electrons. The lowest BCUT2D eigenvalue weighted by atomic mass is 9.71. The maximum absolute atomic E-state index is 13.7. The Kier molecular flexibility index (Phi) is 5.95. The van der Waals surface area contributed by atoms with E-state index in [4.69, 9.17) is 4.74 Å². The zero-order valence-electron chi connectivity index (χ0n) is 18.4. The zero-order valence-corrected chi connectivity index (χ0v) is 18.4. The van der Waals surface area contributed by atoms with Crippen molar-refractivity contribution in [1.29, 1.82) is 0 Å². The molecule has 2 aromatic carbocycles. The molecule has 2 unspecified atom stereocenters. The topological polar surface area (TPSA) is 43.4 Å². The van der Waals surface area contributed by atoms with Crippen LogP contribution in [0.1, 0.15) is 60.8 Å². The second-order valence-electron chi connectivity index (χ2n) is 8.84. The predicted molar refractivity (Wildman–Crippen MR) is 123 cm³/mol. The lowest BCUT2D eigenvalue weighted by Crippen LogP contribution is -2.44. The second kappa shape index (κ2) is 8.66. The molecule has 0 fully saturated rings. The van der Waals surface area contributed by atoms with Gasteiger partial charge in [0.25, 0.3) is 0 Å². The van der Waals surface area contributed by atoms with Gasteiger partial charge in [0, 0.05) is 0 Å². The van der Waals surface area contributed by atoms with Crippen molar-refractivity contribution in [2.45, 2.75) is 63.2 Å². The average molecular weight is 415 g/mol. The Hall–Kier alpha value is -2.94. The van der Waals surface area contributed by atoms with Gasteiger partial charge in [0.1, 0.15) is 10.8 Å². The largest absolute Gasteiger partial charge is 0.391 e. The monoisotopic (exact) mass is 414 g/mol. The summed E-state index contributed by atoms with van der Waals surface area (Å²) in [5.41, 5.74) is 2.09. The SMILES string of the molecule is Cc1ccccc1C1(C(=O)OC(=O)C2(c3ccccc3C)C=CCCC2)C=CCCC1. The first-order valence-corrected chi connectivity index (χ1v) is 11.2. The summed E-state index contributed by atoms with van der Waals surface area (Å²) >= 11 is 0. The molecule has 160 valence electrons. The summed E-state index contributed by atoms with van der Waals surface area (Å²) in [5, 5.41) is 0. The van der Waals surface area contributed by atoms with Crippen LogP contribution in [0, 0.1) is 13.8 Å². The Morgan fingerprint density at radius 1 is 0.710 bits per heavy atom. The number of carbonyl (C=O) groups excluding carboxylic acids is 2. The molecule has 2 aliphatic rings. The summed E-state index contributed by atoms with van der Waals surface area (Å²) < 4.78 is 5.77. The van der Waals surface area contributed by atoms with E-state index in [1.807, 2.05) is 86.7 Å². The van der Waals surface area contributed by atoms with Crippen LogP contribution < -0.4 is 0 Å². The summed E-state index contributed by atoms with van der Waals surface area (Å²) in [5.74, 6) is -0.927. The number of rotatable bonds is 4. The lowest BCUT2D eigenvalue weighted by molar-refractivity contribution is -0.166. The lowest BCUT2D eigenvalue weighted by Gasteiger charge is -2.36. The van der Waals surface area contributed by atoms with Crippen LogP contribution in [-0.2, 0) is 25.2 Å². The minimum absolute atomic E-state index is 0.463. The van der Waals surface area contributed by atoms with Crippen molar-refractivity contribution in [2.24, 2.45) is 0 Å². The molecule has 3 heteroatoms. The van der Waals surface area contributed by atoms with Gasteiger partial charge in [-0.2, -0.15) is 0 Å². The van der Waals surface area contributed by atoms with Crippen LogP contribution in [0.25, 0.3) is 0 Å². The van der Waals surface area contributed by atoms with Crippen molar-refractivity contribution in [3.8, 4) is 0 Å². The van der Waals surface area contributed by atoms with E-state index in [9.17, 15) is 9.59 Å². The normalized spacial score (nSPS) is 25.2. The molecule has 0 heterocycles. The molecule has 4 rings (SSSR count). The minimum atomic E-state index is -0.912. The molecule has 2 atom stereocenters. The van der Waals surface area contributed by atoms with Crippen LogP contribution in [0.4, 0.5) is 0 Å². The van der Waals surface area contributed by atoms with Crippen LogP contribution in [-0.4, -0.2) is 11.9 Å². The first-order chi connectivity index (χ1) is 15.0. The third kappa shape index (κ3) is 3.78. The molecular weight excluding hydrogens is 384 g/mol. The van der Waals surface area contributed by atoms with E-state index >= 15 is 0 Å². The average Bonchev–Trinajstić information content (AvgIpc) is 2.80. The zero-order chi connectivity index (χ0) is 21.9. The van der Waals surface area contributed by atoms with Crippen molar-refractivity contribution < 1.29 is 14.3 Å². The number of carbonyl (C=O) groups is 2. The summed E-state index contributed by atoms with van der Waals surface area (Å²) in [4.78, 5) is 27.3. The smallest absolute Gasteiger partial charge is 0.328 e. The van der Waals surface area contributed by atoms with E-state index in [1.165, 1.54) is 0 Å². The Bertz CT molecular complexity index is 964. The van der Waals surface area contributed by atoms with E-state index in [0.29, 0.717) is 12.8 Å². The van der Waals surface area contributed by atoms with Crippen molar-refractivity contribution in [3.05, 3.63) is 95.1 Å². The number of hydrogen-bond donors (Lipinski definition) is 0. The van der Waals surface area contributed by atoms with Crippen LogP contribution >= 0.6 is 0 Å². The van der Waals surface area contributed by atoms with E-state index < -0.39 is 22.8 Å². The molecule has 3 nitrogen and oxygen atoms in total. The first-order valence-electron chi connectivity index (χ1n) is 11.2. The van der Waals surface area contributed by atoms with Crippen molar-refractivity contribution in [1.82, 2.24) is 0 Å². The van der Waals surface area contributed by atoms with Gasteiger partial charge in [-0.25, -0.2) is 0 Å². The Morgan fingerprint density at radius 3 is 1.48 bits per heavy atom. The maximum Gasteiger partial charge on any atom is 0.328 e. The molecular formula is C28H30O3. The van der Waals surface area contributed by atoms with Crippen LogP contribution in [0.5, 0.6) is 0 Å². The number of allylic oxidation sites excluding steroid dienone is 2. The highest BCUT2D eigenvalue weighted by molar-refractivity contribution is 5.99. The Morgan fingerprint density at radius 2 is 1.13 bits per heavy atom. The minimum Gasteiger partial charge on any atom is -0.391 e. The standard InChI is InChI=1S/C28H30O3/c1-21-13-5-7-15-23(21)27(17-9-3-10-18-27)25(29)31-26(30)28(19-11-4-12-20-28)24-16-8-6-14-22(24)2/h5-9,11,13-17,19H,3-4,10,12,18,20H2,1-2H3. The fraction of sp³-hybridized carbons (Fsp3) is 0.357. The summed E-state index contributed by atoms with van der Waals surface area (Å²) in [6, 6.07) is 15.8. The fourth-order valence-corrected chi connectivity index (χ4v) is 5.16. The Balaban J connectivity index is 1.73. The van der Waals surface area contributed by atoms with Gasteiger partial charge in [0.05, 0.1) is 0 Å². The van der Waals surface area contributed by atoms with Gasteiger partial charge in [-0.3, -0.25) is 9.59 Å². The highest BCUT2D eigenvalue weighted by Crippen LogP contribution is 2.41. The second-order valence-corrected chi connectivity index (χ2v) is 8.84. The van der Waals surface area contributed by atoms with Gasteiger partial charge in [-0.1, -0.05) is 72.8 Å². The van der Waals surface area contributed by atoms with E-state index in [2.05, 4.69) is 0 Å². The number of ether oxygens (including phenoxy) is 1. The van der Waals surface area contributed by atoms with Gasteiger partial charge in [-0.15, -0.1) is 0 Å². The molecule has 2 aromatic rings. The van der Waals surface area contributed by atoms with Gasteiger partial charge in [0.15, 0.2) is 0 Å². The molecule has 0 N–H and O–H groups in total. The van der Waals surface area contributed by atoms with Crippen LogP contribution in [0.15, 0.2) is 72.8 Å². The molecule has 0 bridgehead atoms. The number of esters is 2. The first kappa shape index (κ1) is 21.3. The summed E-state index contributed by atoms with van der Waals surface area (Å²) in [6.45, 7) is 4.01. The quantitative estimate of drug-likeness (QED) is 0.349. The maximum atomic E-state index is 13.7. The number of benzene rings is 2.